The first-order chi connectivity index (χ1) is 6.46. The Balaban J connectivity index is 3.10. The highest BCUT2D eigenvalue weighted by molar-refractivity contribution is 7.92. The third-order valence-corrected chi connectivity index (χ3v) is 4.54. The summed E-state index contributed by atoms with van der Waals surface area (Å²) < 4.78 is 23.6. The summed E-state index contributed by atoms with van der Waals surface area (Å²) in [6.45, 7) is 2.98. The van der Waals surface area contributed by atoms with E-state index >= 15 is 0 Å². The molecule has 1 aromatic carbocycles. The van der Waals surface area contributed by atoms with Gasteiger partial charge in [0.05, 0.1) is 16.2 Å². The van der Waals surface area contributed by atoms with Gasteiger partial charge in [-0.1, -0.05) is 18.2 Å². The Morgan fingerprint density at radius 3 is 2.07 bits per heavy atom. The molecular formula is C10H14O3S. The summed E-state index contributed by atoms with van der Waals surface area (Å²) in [5, 5.41) is 8.47. The minimum absolute atomic E-state index is 0.258. The smallest absolute Gasteiger partial charge is 0.183 e. The summed E-state index contributed by atoms with van der Waals surface area (Å²) in [7, 11) is -3.39. The molecule has 0 spiro atoms. The van der Waals surface area contributed by atoms with Gasteiger partial charge in [0.25, 0.3) is 0 Å². The average Bonchev–Trinajstić information content (AvgIpc) is 2.18. The molecule has 4 heteroatoms. The van der Waals surface area contributed by atoms with E-state index in [1.807, 2.05) is 0 Å². The van der Waals surface area contributed by atoms with Gasteiger partial charge in [0.15, 0.2) is 9.84 Å². The minimum Gasteiger partial charge on any atom is -0.392 e. The highest BCUT2D eigenvalue weighted by atomic mass is 32.2. The highest BCUT2D eigenvalue weighted by Crippen LogP contribution is 2.17. The summed E-state index contributed by atoms with van der Waals surface area (Å²) in [4.78, 5) is 0.258. The summed E-state index contributed by atoms with van der Waals surface area (Å²) in [5.41, 5.74) is 0. The van der Waals surface area contributed by atoms with Gasteiger partial charge in [0, 0.05) is 0 Å². The van der Waals surface area contributed by atoms with Crippen LogP contribution in [0.2, 0.25) is 0 Å². The Morgan fingerprint density at radius 1 is 1.14 bits per heavy atom. The predicted molar refractivity (Wildman–Crippen MR) is 54.8 cm³/mol. The van der Waals surface area contributed by atoms with Crippen molar-refractivity contribution in [1.82, 2.24) is 0 Å². The van der Waals surface area contributed by atoms with Crippen molar-refractivity contribution in [3.05, 3.63) is 30.3 Å². The molecule has 1 aromatic rings. The Morgan fingerprint density at radius 2 is 1.64 bits per heavy atom. The fraction of sp³-hybridized carbons (Fsp3) is 0.400. The first-order valence-electron chi connectivity index (χ1n) is 4.43. The van der Waals surface area contributed by atoms with Gasteiger partial charge >= 0.3 is 0 Å². The number of sulfone groups is 1. The molecule has 0 heterocycles. The van der Waals surface area contributed by atoms with Gasteiger partial charge in [0.2, 0.25) is 0 Å². The van der Waals surface area contributed by atoms with Gasteiger partial charge < -0.3 is 5.11 Å². The summed E-state index contributed by atoms with van der Waals surface area (Å²) in [5.74, 6) is 0. The molecule has 0 fully saturated rings. The van der Waals surface area contributed by atoms with Crippen LogP contribution in [0, 0.1) is 0 Å². The van der Waals surface area contributed by atoms with Gasteiger partial charge in [0.1, 0.15) is 0 Å². The van der Waals surface area contributed by atoms with Crippen LogP contribution in [0.5, 0.6) is 0 Å². The zero-order valence-corrected chi connectivity index (χ0v) is 9.03. The van der Waals surface area contributed by atoms with Crippen molar-refractivity contribution in [3.63, 3.8) is 0 Å². The number of rotatable bonds is 3. The van der Waals surface area contributed by atoms with Crippen molar-refractivity contribution in [1.29, 1.82) is 0 Å². The number of benzene rings is 1. The van der Waals surface area contributed by atoms with E-state index in [9.17, 15) is 13.5 Å². The zero-order chi connectivity index (χ0) is 10.8. The SMILES string of the molecule is C[C@H](O)[C@@H](C)S(=O)(=O)c1ccccc1. The normalized spacial score (nSPS) is 16.2. The molecule has 0 saturated heterocycles. The lowest BCUT2D eigenvalue weighted by atomic mass is 10.3. The summed E-state index contributed by atoms with van der Waals surface area (Å²) in [6, 6.07) is 8.16. The maximum atomic E-state index is 11.8. The zero-order valence-electron chi connectivity index (χ0n) is 8.21. The largest absolute Gasteiger partial charge is 0.392 e. The van der Waals surface area contributed by atoms with Crippen LogP contribution in [-0.2, 0) is 9.84 Å². The fourth-order valence-electron chi connectivity index (χ4n) is 1.08. The van der Waals surface area contributed by atoms with Crippen LogP contribution in [-0.4, -0.2) is 24.9 Å². The maximum Gasteiger partial charge on any atom is 0.183 e. The van der Waals surface area contributed by atoms with E-state index in [1.54, 1.807) is 18.2 Å². The lowest BCUT2D eigenvalue weighted by molar-refractivity contribution is 0.193. The van der Waals surface area contributed by atoms with E-state index in [0.29, 0.717) is 0 Å². The van der Waals surface area contributed by atoms with Crippen LogP contribution in [0.25, 0.3) is 0 Å². The Labute approximate surface area is 84.3 Å². The Hall–Kier alpha value is -0.870. The molecule has 1 N–H and O–H groups in total. The molecule has 14 heavy (non-hydrogen) atoms. The molecular weight excluding hydrogens is 200 g/mol. The highest BCUT2D eigenvalue weighted by Gasteiger charge is 2.26. The van der Waals surface area contributed by atoms with Crippen molar-refractivity contribution in [2.45, 2.75) is 30.1 Å². The van der Waals surface area contributed by atoms with E-state index < -0.39 is 21.2 Å². The van der Waals surface area contributed by atoms with E-state index in [2.05, 4.69) is 0 Å². The molecule has 0 aliphatic heterocycles. The van der Waals surface area contributed by atoms with Crippen molar-refractivity contribution in [3.8, 4) is 0 Å². The Kier molecular flexibility index (Phi) is 3.29. The Bertz CT molecular complexity index is 381. The molecule has 0 unspecified atom stereocenters. The van der Waals surface area contributed by atoms with E-state index in [-0.39, 0.29) is 4.90 Å². The molecule has 0 bridgehead atoms. The molecule has 0 aliphatic rings. The van der Waals surface area contributed by atoms with Crippen LogP contribution in [0.15, 0.2) is 35.2 Å². The standard InChI is InChI=1S/C10H14O3S/c1-8(11)9(2)14(12,13)10-6-4-3-5-7-10/h3-9,11H,1-2H3/t8-,9+/m0/s1. The molecule has 3 nitrogen and oxygen atoms in total. The van der Waals surface area contributed by atoms with Gasteiger partial charge in [-0.25, -0.2) is 8.42 Å². The molecule has 0 saturated carbocycles. The van der Waals surface area contributed by atoms with Crippen molar-refractivity contribution >= 4 is 9.84 Å². The second-order valence-electron chi connectivity index (χ2n) is 3.30. The van der Waals surface area contributed by atoms with Gasteiger partial charge in [-0.15, -0.1) is 0 Å². The molecule has 0 amide bonds. The predicted octanol–water partition coefficient (Wildman–Crippen LogP) is 1.23. The monoisotopic (exact) mass is 214 g/mol. The van der Waals surface area contributed by atoms with Crippen LogP contribution in [0.3, 0.4) is 0 Å². The third kappa shape index (κ3) is 2.13. The van der Waals surface area contributed by atoms with E-state index in [4.69, 9.17) is 0 Å². The van der Waals surface area contributed by atoms with Crippen molar-refractivity contribution in [2.24, 2.45) is 0 Å². The van der Waals surface area contributed by atoms with Crippen molar-refractivity contribution < 1.29 is 13.5 Å². The number of hydrogen-bond acceptors (Lipinski definition) is 3. The van der Waals surface area contributed by atoms with Gasteiger partial charge in [-0.2, -0.15) is 0 Å². The second kappa shape index (κ2) is 4.11. The topological polar surface area (TPSA) is 54.4 Å². The summed E-state index contributed by atoms with van der Waals surface area (Å²) in [6.07, 6.45) is -0.861. The third-order valence-electron chi connectivity index (χ3n) is 2.24. The van der Waals surface area contributed by atoms with E-state index in [1.165, 1.54) is 26.0 Å². The lowest BCUT2D eigenvalue weighted by Crippen LogP contribution is -2.28. The van der Waals surface area contributed by atoms with Crippen molar-refractivity contribution in [2.75, 3.05) is 0 Å². The molecule has 2 atom stereocenters. The lowest BCUT2D eigenvalue weighted by Gasteiger charge is -2.15. The number of aliphatic hydroxyl groups is 1. The number of hydrogen-bond donors (Lipinski definition) is 1. The summed E-state index contributed by atoms with van der Waals surface area (Å²) >= 11 is 0. The second-order valence-corrected chi connectivity index (χ2v) is 5.61. The van der Waals surface area contributed by atoms with Gasteiger partial charge in [-0.3, -0.25) is 0 Å². The molecule has 0 aromatic heterocycles. The van der Waals surface area contributed by atoms with Crippen LogP contribution >= 0.6 is 0 Å². The molecule has 1 rings (SSSR count). The van der Waals surface area contributed by atoms with E-state index in [0.717, 1.165) is 0 Å². The van der Waals surface area contributed by atoms with Crippen LogP contribution in [0.1, 0.15) is 13.8 Å². The quantitative estimate of drug-likeness (QED) is 0.823. The van der Waals surface area contributed by atoms with Crippen LogP contribution < -0.4 is 0 Å². The molecule has 0 aliphatic carbocycles. The molecule has 78 valence electrons. The van der Waals surface area contributed by atoms with Crippen LogP contribution in [0.4, 0.5) is 0 Å². The minimum atomic E-state index is -3.39. The fourth-order valence-corrected chi connectivity index (χ4v) is 2.57. The van der Waals surface area contributed by atoms with Gasteiger partial charge in [-0.05, 0) is 26.0 Å². The number of aliphatic hydroxyl groups excluding tert-OH is 1. The first kappa shape index (κ1) is 11.2. The molecule has 0 radical (unpaired) electrons. The first-order valence-corrected chi connectivity index (χ1v) is 5.98. The maximum absolute atomic E-state index is 11.8. The average molecular weight is 214 g/mol.